The third-order valence-corrected chi connectivity index (χ3v) is 3.06. The van der Waals surface area contributed by atoms with Crippen LogP contribution in [0.5, 0.6) is 5.75 Å². The number of ether oxygens (including phenoxy) is 1. The van der Waals surface area contributed by atoms with Gasteiger partial charge in [0.15, 0.2) is 0 Å². The Morgan fingerprint density at radius 3 is 2.05 bits per heavy atom. The molecule has 0 radical (unpaired) electrons. The molecule has 0 aliphatic heterocycles. The molecule has 0 saturated carbocycles. The lowest BCUT2D eigenvalue weighted by Crippen LogP contribution is -2.33. The third-order valence-electron chi connectivity index (χ3n) is 3.06. The van der Waals surface area contributed by atoms with E-state index in [0.29, 0.717) is 12.3 Å². The summed E-state index contributed by atoms with van der Waals surface area (Å²) in [5, 5.41) is 0. The van der Waals surface area contributed by atoms with Gasteiger partial charge in [-0.3, -0.25) is 9.69 Å². The molecule has 0 heterocycles. The third kappa shape index (κ3) is 5.93. The minimum Gasteiger partial charge on any atom is -0.425 e. The molecule has 0 spiro atoms. The largest absolute Gasteiger partial charge is 0.425 e. The van der Waals surface area contributed by atoms with Crippen molar-refractivity contribution in [3.8, 4) is 5.75 Å². The van der Waals surface area contributed by atoms with E-state index in [1.165, 1.54) is 0 Å². The molecule has 1 rings (SSSR count). The molecule has 0 aliphatic carbocycles. The first-order chi connectivity index (χ1) is 9.08. The lowest BCUT2D eigenvalue weighted by Gasteiger charge is -2.20. The Balaban J connectivity index is 0.00000361. The van der Waals surface area contributed by atoms with Gasteiger partial charge in [-0.25, -0.2) is 0 Å². The number of nitrogens with zero attached hydrogens (tertiary/aromatic N) is 1. The summed E-state index contributed by atoms with van der Waals surface area (Å²) in [6.07, 6.45) is 2.10. The predicted octanol–water partition coefficient (Wildman–Crippen LogP) is 3.75. The maximum Gasteiger partial charge on any atom is 0.325 e. The average molecular weight is 300 g/mol. The van der Waals surface area contributed by atoms with Gasteiger partial charge in [0, 0.05) is 0 Å². The molecule has 114 valence electrons. The Morgan fingerprint density at radius 1 is 1.10 bits per heavy atom. The van der Waals surface area contributed by atoms with Crippen molar-refractivity contribution in [3.05, 3.63) is 29.3 Å². The number of para-hydroxylation sites is 1. The summed E-state index contributed by atoms with van der Waals surface area (Å²) in [6.45, 7) is 10.4. The topological polar surface area (TPSA) is 29.5 Å². The summed E-state index contributed by atoms with van der Waals surface area (Å²) in [4.78, 5) is 14.2. The van der Waals surface area contributed by atoms with E-state index in [0.717, 1.165) is 37.1 Å². The number of carbonyl (C=O) groups is 1. The number of rotatable bonds is 7. The summed E-state index contributed by atoms with van der Waals surface area (Å²) in [5.74, 6) is 0.541. The zero-order chi connectivity index (χ0) is 14.3. The molecule has 0 saturated heterocycles. The number of carbonyl (C=O) groups excluding carboxylic acids is 1. The van der Waals surface area contributed by atoms with Crippen LogP contribution in [0.3, 0.4) is 0 Å². The fraction of sp³-hybridized carbons (Fsp3) is 0.562. The van der Waals surface area contributed by atoms with Crippen molar-refractivity contribution in [3.63, 3.8) is 0 Å². The number of aryl methyl sites for hydroxylation is 2. The first-order valence-corrected chi connectivity index (χ1v) is 7.07. The van der Waals surface area contributed by atoms with Gasteiger partial charge in [0.1, 0.15) is 5.75 Å². The van der Waals surface area contributed by atoms with Crippen LogP contribution < -0.4 is 4.74 Å². The Morgan fingerprint density at radius 2 is 1.60 bits per heavy atom. The van der Waals surface area contributed by atoms with Crippen molar-refractivity contribution in [1.29, 1.82) is 0 Å². The SMILES string of the molecule is CCCN(CCC)CC(=O)Oc1c(C)cccc1C.Cl. The van der Waals surface area contributed by atoms with E-state index >= 15 is 0 Å². The molecule has 0 aromatic heterocycles. The average Bonchev–Trinajstić information content (AvgIpc) is 2.35. The van der Waals surface area contributed by atoms with Gasteiger partial charge in [0.2, 0.25) is 0 Å². The first-order valence-electron chi connectivity index (χ1n) is 7.07. The van der Waals surface area contributed by atoms with Crippen molar-refractivity contribution in [2.75, 3.05) is 19.6 Å². The summed E-state index contributed by atoms with van der Waals surface area (Å²) in [6, 6.07) is 5.90. The standard InChI is InChI=1S/C16H25NO2.ClH/c1-5-10-17(11-6-2)12-15(18)19-16-13(3)8-7-9-14(16)4;/h7-9H,5-6,10-12H2,1-4H3;1H. The molecule has 0 amide bonds. The molecule has 3 nitrogen and oxygen atoms in total. The first kappa shape index (κ1) is 18.9. The number of hydrogen-bond donors (Lipinski definition) is 0. The number of esters is 1. The van der Waals surface area contributed by atoms with Crippen LogP contribution in [-0.4, -0.2) is 30.5 Å². The van der Waals surface area contributed by atoms with E-state index in [4.69, 9.17) is 4.74 Å². The molecule has 0 fully saturated rings. The summed E-state index contributed by atoms with van der Waals surface area (Å²) in [5.41, 5.74) is 2.01. The van der Waals surface area contributed by atoms with E-state index < -0.39 is 0 Å². The molecule has 4 heteroatoms. The zero-order valence-electron chi connectivity index (χ0n) is 12.9. The Bertz CT molecular complexity index is 395. The Hall–Kier alpha value is -1.06. The highest BCUT2D eigenvalue weighted by atomic mass is 35.5. The second-order valence-corrected chi connectivity index (χ2v) is 4.97. The lowest BCUT2D eigenvalue weighted by atomic mass is 10.1. The van der Waals surface area contributed by atoms with E-state index in [1.54, 1.807) is 0 Å². The Kier molecular flexibility index (Phi) is 9.26. The summed E-state index contributed by atoms with van der Waals surface area (Å²) in [7, 11) is 0. The van der Waals surface area contributed by atoms with Gasteiger partial charge in [-0.2, -0.15) is 0 Å². The maximum atomic E-state index is 12.0. The van der Waals surface area contributed by atoms with Crippen LogP contribution in [0.15, 0.2) is 18.2 Å². The van der Waals surface area contributed by atoms with Gasteiger partial charge in [-0.05, 0) is 50.9 Å². The fourth-order valence-electron chi connectivity index (χ4n) is 2.19. The molecular weight excluding hydrogens is 274 g/mol. The normalized spacial score (nSPS) is 10.2. The molecule has 0 unspecified atom stereocenters. The van der Waals surface area contributed by atoms with Crippen LogP contribution in [0.1, 0.15) is 37.8 Å². The molecule has 1 aromatic rings. The second-order valence-electron chi connectivity index (χ2n) is 4.97. The zero-order valence-corrected chi connectivity index (χ0v) is 13.8. The van der Waals surface area contributed by atoms with Crippen LogP contribution in [0.2, 0.25) is 0 Å². The highest BCUT2D eigenvalue weighted by molar-refractivity contribution is 5.85. The number of hydrogen-bond acceptors (Lipinski definition) is 3. The van der Waals surface area contributed by atoms with Crippen molar-refractivity contribution in [1.82, 2.24) is 4.90 Å². The summed E-state index contributed by atoms with van der Waals surface area (Å²) < 4.78 is 5.52. The van der Waals surface area contributed by atoms with Crippen LogP contribution in [-0.2, 0) is 4.79 Å². The van der Waals surface area contributed by atoms with Gasteiger partial charge in [-0.15, -0.1) is 12.4 Å². The van der Waals surface area contributed by atoms with Gasteiger partial charge in [-0.1, -0.05) is 32.0 Å². The van der Waals surface area contributed by atoms with Crippen molar-refractivity contribution < 1.29 is 9.53 Å². The lowest BCUT2D eigenvalue weighted by molar-refractivity contribution is -0.135. The van der Waals surface area contributed by atoms with Crippen LogP contribution in [0, 0.1) is 13.8 Å². The molecule has 0 atom stereocenters. The van der Waals surface area contributed by atoms with Crippen molar-refractivity contribution in [2.45, 2.75) is 40.5 Å². The van der Waals surface area contributed by atoms with Gasteiger partial charge < -0.3 is 4.74 Å². The van der Waals surface area contributed by atoms with Crippen molar-refractivity contribution in [2.24, 2.45) is 0 Å². The van der Waals surface area contributed by atoms with Crippen molar-refractivity contribution >= 4 is 18.4 Å². The van der Waals surface area contributed by atoms with Crippen LogP contribution in [0.4, 0.5) is 0 Å². The summed E-state index contributed by atoms with van der Waals surface area (Å²) >= 11 is 0. The molecular formula is C16H26ClNO2. The number of halogens is 1. The second kappa shape index (κ2) is 9.78. The molecule has 0 N–H and O–H groups in total. The monoisotopic (exact) mass is 299 g/mol. The quantitative estimate of drug-likeness (QED) is 0.567. The van der Waals surface area contributed by atoms with E-state index in [1.807, 2.05) is 32.0 Å². The van der Waals surface area contributed by atoms with Crippen LogP contribution >= 0.6 is 12.4 Å². The van der Waals surface area contributed by atoms with Gasteiger partial charge >= 0.3 is 5.97 Å². The smallest absolute Gasteiger partial charge is 0.325 e. The fourth-order valence-corrected chi connectivity index (χ4v) is 2.19. The Labute approximate surface area is 128 Å². The minimum atomic E-state index is -0.167. The molecule has 0 aliphatic rings. The highest BCUT2D eigenvalue weighted by Crippen LogP contribution is 2.22. The van der Waals surface area contributed by atoms with E-state index in [-0.39, 0.29) is 18.4 Å². The molecule has 20 heavy (non-hydrogen) atoms. The van der Waals surface area contributed by atoms with Gasteiger partial charge in [0.25, 0.3) is 0 Å². The van der Waals surface area contributed by atoms with E-state index in [2.05, 4.69) is 18.7 Å². The molecule has 0 bridgehead atoms. The van der Waals surface area contributed by atoms with Gasteiger partial charge in [0.05, 0.1) is 6.54 Å². The van der Waals surface area contributed by atoms with E-state index in [9.17, 15) is 4.79 Å². The maximum absolute atomic E-state index is 12.0. The van der Waals surface area contributed by atoms with Crippen LogP contribution in [0.25, 0.3) is 0 Å². The highest BCUT2D eigenvalue weighted by Gasteiger charge is 2.13. The molecule has 1 aromatic carbocycles. The minimum absolute atomic E-state index is 0. The predicted molar refractivity (Wildman–Crippen MR) is 85.8 cm³/mol. The number of benzene rings is 1.